The van der Waals surface area contributed by atoms with Crippen LogP contribution in [-0.4, -0.2) is 26.2 Å². The Balaban J connectivity index is 2.04. The summed E-state index contributed by atoms with van der Waals surface area (Å²) in [6, 6.07) is 9.33. The summed E-state index contributed by atoms with van der Waals surface area (Å²) in [4.78, 5) is 21.0. The number of rotatable bonds is 3. The summed E-state index contributed by atoms with van der Waals surface area (Å²) >= 11 is 0. The summed E-state index contributed by atoms with van der Waals surface area (Å²) in [5.74, 6) is 0.762. The number of hydrogen-bond acceptors (Lipinski definition) is 4. The molecule has 0 spiro atoms. The van der Waals surface area contributed by atoms with Gasteiger partial charge >= 0.3 is 6.09 Å². The molecule has 1 amide bonds. The van der Waals surface area contributed by atoms with Crippen LogP contribution in [0.3, 0.4) is 0 Å². The maximum atomic E-state index is 13.8. The Morgan fingerprint density at radius 2 is 2.04 bits per heavy atom. The van der Waals surface area contributed by atoms with Crippen molar-refractivity contribution in [1.82, 2.24) is 19.9 Å². The average Bonchev–Trinajstić information content (AvgIpc) is 2.92. The molecule has 0 saturated carbocycles. The molecule has 3 aromatic rings. The molecule has 0 saturated heterocycles. The van der Waals surface area contributed by atoms with Crippen LogP contribution < -0.4 is 5.32 Å². The lowest BCUT2D eigenvalue weighted by Gasteiger charge is -2.22. The van der Waals surface area contributed by atoms with Crippen molar-refractivity contribution in [2.75, 3.05) is 0 Å². The van der Waals surface area contributed by atoms with E-state index in [9.17, 15) is 9.18 Å². The van der Waals surface area contributed by atoms with Gasteiger partial charge in [0.05, 0.1) is 17.1 Å². The van der Waals surface area contributed by atoms with Crippen molar-refractivity contribution in [2.45, 2.75) is 39.3 Å². The highest BCUT2D eigenvalue weighted by Crippen LogP contribution is 2.25. The van der Waals surface area contributed by atoms with Gasteiger partial charge in [-0.2, -0.15) is 0 Å². The Morgan fingerprint density at radius 3 is 2.69 bits per heavy atom. The Bertz CT molecular complexity index is 932. The number of pyridine rings is 1. The predicted octanol–water partition coefficient (Wildman–Crippen LogP) is 4.15. The van der Waals surface area contributed by atoms with Crippen molar-refractivity contribution in [3.63, 3.8) is 0 Å². The molecular weight excluding hydrogens is 335 g/mol. The van der Waals surface area contributed by atoms with E-state index in [2.05, 4.69) is 15.3 Å². The highest BCUT2D eigenvalue weighted by atomic mass is 19.1. The second-order valence-corrected chi connectivity index (χ2v) is 6.99. The lowest BCUT2D eigenvalue weighted by Crippen LogP contribution is -2.34. The number of nitrogens with one attached hydrogen (secondary N) is 1. The number of ether oxygens (including phenoxy) is 1. The molecule has 2 aromatic heterocycles. The quantitative estimate of drug-likeness (QED) is 0.765. The summed E-state index contributed by atoms with van der Waals surface area (Å²) in [5, 5.41) is 2.77. The molecular formula is C19H21FN4O2. The molecule has 1 atom stereocenters. The maximum absolute atomic E-state index is 13.8. The van der Waals surface area contributed by atoms with Crippen molar-refractivity contribution < 1.29 is 13.9 Å². The van der Waals surface area contributed by atoms with Gasteiger partial charge in [0, 0.05) is 12.3 Å². The Hall–Kier alpha value is -2.96. The number of benzene rings is 1. The minimum absolute atomic E-state index is 0.367. The minimum Gasteiger partial charge on any atom is -0.444 e. The van der Waals surface area contributed by atoms with Crippen molar-refractivity contribution in [3.05, 3.63) is 54.2 Å². The van der Waals surface area contributed by atoms with Crippen LogP contribution in [0.15, 0.2) is 42.6 Å². The summed E-state index contributed by atoms with van der Waals surface area (Å²) < 4.78 is 20.8. The number of amides is 1. The molecule has 0 aliphatic rings. The first kappa shape index (κ1) is 17.8. The molecule has 136 valence electrons. The van der Waals surface area contributed by atoms with Gasteiger partial charge in [0.15, 0.2) is 0 Å². The Kier molecular flexibility index (Phi) is 4.63. The molecule has 1 aromatic carbocycles. The van der Waals surface area contributed by atoms with Gasteiger partial charge in [0.1, 0.15) is 23.1 Å². The fourth-order valence-corrected chi connectivity index (χ4v) is 2.63. The second-order valence-electron chi connectivity index (χ2n) is 6.99. The van der Waals surface area contributed by atoms with Crippen LogP contribution in [0.4, 0.5) is 9.18 Å². The lowest BCUT2D eigenvalue weighted by molar-refractivity contribution is 0.0505. The Morgan fingerprint density at radius 1 is 1.27 bits per heavy atom. The SMILES string of the molecule is CC(NC(=O)OC(C)(C)C)c1nc2ccc(F)cc2n1-c1ccccn1. The smallest absolute Gasteiger partial charge is 0.408 e. The van der Waals surface area contributed by atoms with Gasteiger partial charge in [0.2, 0.25) is 0 Å². The van der Waals surface area contributed by atoms with E-state index < -0.39 is 17.7 Å². The number of imidazole rings is 1. The van der Waals surface area contributed by atoms with Crippen LogP contribution in [0.25, 0.3) is 16.9 Å². The number of hydrogen-bond donors (Lipinski definition) is 1. The molecule has 0 bridgehead atoms. The molecule has 0 aliphatic carbocycles. The zero-order chi connectivity index (χ0) is 18.9. The fraction of sp³-hybridized carbons (Fsp3) is 0.316. The van der Waals surface area contributed by atoms with Gasteiger partial charge in [-0.3, -0.25) is 4.57 Å². The van der Waals surface area contributed by atoms with Crippen LogP contribution in [0.2, 0.25) is 0 Å². The standard InChI is InChI=1S/C19H21FN4O2/c1-12(22-18(25)26-19(2,3)4)17-23-14-9-8-13(20)11-15(14)24(17)16-7-5-6-10-21-16/h5-12H,1-4H3,(H,22,25). The summed E-state index contributed by atoms with van der Waals surface area (Å²) in [6.07, 6.45) is 1.10. The van der Waals surface area contributed by atoms with E-state index in [1.165, 1.54) is 12.1 Å². The van der Waals surface area contributed by atoms with Crippen LogP contribution in [-0.2, 0) is 4.74 Å². The third kappa shape index (κ3) is 3.82. The molecule has 0 radical (unpaired) electrons. The third-order valence-electron chi connectivity index (χ3n) is 3.64. The van der Waals surface area contributed by atoms with Gasteiger partial charge in [-0.15, -0.1) is 0 Å². The van der Waals surface area contributed by atoms with E-state index in [0.717, 1.165) is 0 Å². The van der Waals surface area contributed by atoms with Crippen molar-refractivity contribution in [1.29, 1.82) is 0 Å². The van der Waals surface area contributed by atoms with Crippen LogP contribution in [0.5, 0.6) is 0 Å². The molecule has 6 nitrogen and oxygen atoms in total. The van der Waals surface area contributed by atoms with Crippen molar-refractivity contribution in [3.8, 4) is 5.82 Å². The fourth-order valence-electron chi connectivity index (χ4n) is 2.63. The van der Waals surface area contributed by atoms with E-state index in [0.29, 0.717) is 22.7 Å². The van der Waals surface area contributed by atoms with E-state index in [4.69, 9.17) is 4.74 Å². The Labute approximate surface area is 151 Å². The average molecular weight is 356 g/mol. The number of alkyl carbamates (subject to hydrolysis) is 1. The van der Waals surface area contributed by atoms with E-state index >= 15 is 0 Å². The van der Waals surface area contributed by atoms with Gasteiger partial charge in [-0.25, -0.2) is 19.2 Å². The summed E-state index contributed by atoms with van der Waals surface area (Å²) in [7, 11) is 0. The molecule has 2 heterocycles. The van der Waals surface area contributed by atoms with Crippen molar-refractivity contribution >= 4 is 17.1 Å². The summed E-state index contributed by atoms with van der Waals surface area (Å²) in [6.45, 7) is 7.18. The molecule has 0 fully saturated rings. The van der Waals surface area contributed by atoms with Crippen LogP contribution in [0, 0.1) is 5.82 Å². The monoisotopic (exact) mass is 356 g/mol. The number of carbonyl (C=O) groups is 1. The molecule has 7 heteroatoms. The molecule has 3 rings (SSSR count). The van der Waals surface area contributed by atoms with E-state index in [-0.39, 0.29) is 5.82 Å². The first-order valence-electron chi connectivity index (χ1n) is 8.33. The third-order valence-corrected chi connectivity index (χ3v) is 3.64. The molecule has 0 aliphatic heterocycles. The highest BCUT2D eigenvalue weighted by molar-refractivity contribution is 5.78. The largest absolute Gasteiger partial charge is 0.444 e. The normalized spacial score (nSPS) is 12.8. The van der Waals surface area contributed by atoms with Gasteiger partial charge in [0.25, 0.3) is 0 Å². The minimum atomic E-state index is -0.603. The summed E-state index contributed by atoms with van der Waals surface area (Å²) in [5.41, 5.74) is 0.593. The molecule has 26 heavy (non-hydrogen) atoms. The zero-order valence-electron chi connectivity index (χ0n) is 15.2. The molecule has 1 N–H and O–H groups in total. The topological polar surface area (TPSA) is 69.0 Å². The number of aromatic nitrogens is 3. The highest BCUT2D eigenvalue weighted by Gasteiger charge is 2.23. The van der Waals surface area contributed by atoms with Gasteiger partial charge in [-0.1, -0.05) is 6.07 Å². The number of nitrogens with zero attached hydrogens (tertiary/aromatic N) is 3. The first-order valence-corrected chi connectivity index (χ1v) is 8.33. The van der Waals surface area contributed by atoms with Crippen molar-refractivity contribution in [2.24, 2.45) is 0 Å². The van der Waals surface area contributed by atoms with Gasteiger partial charge < -0.3 is 10.1 Å². The first-order chi connectivity index (χ1) is 12.2. The van der Waals surface area contributed by atoms with E-state index in [1.54, 1.807) is 56.7 Å². The van der Waals surface area contributed by atoms with Gasteiger partial charge in [-0.05, 0) is 52.0 Å². The van der Waals surface area contributed by atoms with Crippen LogP contribution >= 0.6 is 0 Å². The zero-order valence-corrected chi connectivity index (χ0v) is 15.2. The number of fused-ring (bicyclic) bond motifs is 1. The second kappa shape index (κ2) is 6.74. The van der Waals surface area contributed by atoms with E-state index in [1.807, 2.05) is 6.07 Å². The maximum Gasteiger partial charge on any atom is 0.408 e. The number of carbonyl (C=O) groups excluding carboxylic acids is 1. The van der Waals surface area contributed by atoms with Crippen LogP contribution in [0.1, 0.15) is 39.6 Å². The lowest BCUT2D eigenvalue weighted by atomic mass is 10.2. The predicted molar refractivity (Wildman–Crippen MR) is 96.6 cm³/mol. The number of halogens is 1. The molecule has 1 unspecified atom stereocenters.